The molecule has 1 aromatic rings. The zero-order chi connectivity index (χ0) is 10.5. The molecule has 0 amide bonds. The van der Waals surface area contributed by atoms with Crippen LogP contribution in [-0.4, -0.2) is 24.7 Å². The number of rotatable bonds is 4. The molecule has 2 heterocycles. The fraction of sp³-hybridized carbons (Fsp3) is 0.545. The van der Waals surface area contributed by atoms with Crippen LogP contribution in [0.3, 0.4) is 0 Å². The van der Waals surface area contributed by atoms with Crippen LogP contribution in [0.5, 0.6) is 0 Å². The molecule has 0 spiro atoms. The van der Waals surface area contributed by atoms with Gasteiger partial charge in [-0.05, 0) is 30.5 Å². The Labute approximate surface area is 94.8 Å². The molecule has 1 unspecified atom stereocenters. The molecule has 1 aliphatic heterocycles. The molecule has 1 atom stereocenters. The Bertz CT molecular complexity index is 296. The predicted molar refractivity (Wildman–Crippen MR) is 59.9 cm³/mol. The summed E-state index contributed by atoms with van der Waals surface area (Å²) in [6.45, 7) is 3.66. The molecule has 0 radical (unpaired) electrons. The molecule has 3 nitrogen and oxygen atoms in total. The summed E-state index contributed by atoms with van der Waals surface area (Å²) in [7, 11) is 0. The lowest BCUT2D eigenvalue weighted by atomic mass is 10.1. The molecular formula is C11H15ClN2O. The molecular weight excluding hydrogens is 212 g/mol. The summed E-state index contributed by atoms with van der Waals surface area (Å²) >= 11 is 5.69. The topological polar surface area (TPSA) is 34.1 Å². The van der Waals surface area contributed by atoms with Crippen molar-refractivity contribution in [2.24, 2.45) is 5.92 Å². The summed E-state index contributed by atoms with van der Waals surface area (Å²) in [4.78, 5) is 4.00. The van der Waals surface area contributed by atoms with E-state index in [0.717, 1.165) is 25.3 Å². The van der Waals surface area contributed by atoms with Gasteiger partial charge in [-0.3, -0.25) is 0 Å². The van der Waals surface area contributed by atoms with Gasteiger partial charge in [-0.1, -0.05) is 17.7 Å². The van der Waals surface area contributed by atoms with Gasteiger partial charge in [-0.2, -0.15) is 0 Å². The number of halogens is 1. The van der Waals surface area contributed by atoms with Gasteiger partial charge in [0.25, 0.3) is 0 Å². The van der Waals surface area contributed by atoms with E-state index in [1.165, 1.54) is 6.42 Å². The molecule has 2 rings (SSSR count). The smallest absolute Gasteiger partial charge is 0.129 e. The molecule has 1 saturated heterocycles. The van der Waals surface area contributed by atoms with E-state index >= 15 is 0 Å². The third-order valence-electron chi connectivity index (χ3n) is 2.57. The van der Waals surface area contributed by atoms with E-state index in [0.29, 0.717) is 17.7 Å². The Balaban J connectivity index is 1.71. The summed E-state index contributed by atoms with van der Waals surface area (Å²) in [5.41, 5.74) is 1.07. The van der Waals surface area contributed by atoms with Crippen molar-refractivity contribution >= 4 is 11.6 Å². The van der Waals surface area contributed by atoms with Crippen LogP contribution in [-0.2, 0) is 11.3 Å². The highest BCUT2D eigenvalue weighted by Gasteiger charge is 2.13. The van der Waals surface area contributed by atoms with Crippen molar-refractivity contribution in [1.29, 1.82) is 0 Å². The van der Waals surface area contributed by atoms with Crippen LogP contribution < -0.4 is 5.32 Å². The molecule has 1 aliphatic rings. The number of nitrogens with zero attached hydrogens (tertiary/aromatic N) is 1. The molecule has 82 valence electrons. The lowest BCUT2D eigenvalue weighted by Crippen LogP contribution is -2.13. The molecule has 0 saturated carbocycles. The van der Waals surface area contributed by atoms with Gasteiger partial charge in [-0.25, -0.2) is 4.98 Å². The number of pyridine rings is 1. The lowest BCUT2D eigenvalue weighted by Gasteiger charge is -2.08. The first kappa shape index (κ1) is 10.9. The zero-order valence-electron chi connectivity index (χ0n) is 8.58. The van der Waals surface area contributed by atoms with Crippen LogP contribution in [0, 0.1) is 5.92 Å². The highest BCUT2D eigenvalue weighted by molar-refractivity contribution is 6.29. The molecule has 4 heteroatoms. The van der Waals surface area contributed by atoms with Crippen molar-refractivity contribution < 1.29 is 4.74 Å². The maximum absolute atomic E-state index is 5.69. The second-order valence-electron chi connectivity index (χ2n) is 3.86. The van der Waals surface area contributed by atoms with Gasteiger partial charge in [0.2, 0.25) is 0 Å². The van der Waals surface area contributed by atoms with Crippen LogP contribution in [0.15, 0.2) is 18.3 Å². The Kier molecular flexibility index (Phi) is 3.94. The Morgan fingerprint density at radius 1 is 1.53 bits per heavy atom. The van der Waals surface area contributed by atoms with E-state index in [1.54, 1.807) is 12.3 Å². The summed E-state index contributed by atoms with van der Waals surface area (Å²) < 4.78 is 5.62. The van der Waals surface area contributed by atoms with Crippen LogP contribution in [0.25, 0.3) is 0 Å². The molecule has 1 aromatic heterocycles. The zero-order valence-corrected chi connectivity index (χ0v) is 9.33. The standard InChI is InChI=1S/C11H15ClN2O/c12-11-2-1-9(6-14-11)7-15-8-10-3-4-13-5-10/h1-2,6,10,13H,3-5,7-8H2. The van der Waals surface area contributed by atoms with Gasteiger partial charge in [-0.15, -0.1) is 0 Å². The van der Waals surface area contributed by atoms with Crippen LogP contribution in [0.4, 0.5) is 0 Å². The number of hydrogen-bond acceptors (Lipinski definition) is 3. The minimum Gasteiger partial charge on any atom is -0.376 e. The van der Waals surface area contributed by atoms with Gasteiger partial charge < -0.3 is 10.1 Å². The summed E-state index contributed by atoms with van der Waals surface area (Å²) in [5, 5.41) is 3.85. The van der Waals surface area contributed by atoms with Crippen LogP contribution in [0.1, 0.15) is 12.0 Å². The van der Waals surface area contributed by atoms with Crippen LogP contribution >= 0.6 is 11.6 Å². The fourth-order valence-corrected chi connectivity index (χ4v) is 1.80. The van der Waals surface area contributed by atoms with Crippen molar-refractivity contribution in [3.05, 3.63) is 29.0 Å². The fourth-order valence-electron chi connectivity index (χ4n) is 1.69. The van der Waals surface area contributed by atoms with E-state index in [2.05, 4.69) is 10.3 Å². The minimum absolute atomic E-state index is 0.527. The summed E-state index contributed by atoms with van der Waals surface area (Å²) in [6, 6.07) is 3.74. The van der Waals surface area contributed by atoms with Crippen molar-refractivity contribution in [2.75, 3.05) is 19.7 Å². The highest BCUT2D eigenvalue weighted by atomic mass is 35.5. The molecule has 0 aromatic carbocycles. The molecule has 1 N–H and O–H groups in total. The number of aromatic nitrogens is 1. The van der Waals surface area contributed by atoms with Crippen molar-refractivity contribution in [3.8, 4) is 0 Å². The summed E-state index contributed by atoms with van der Waals surface area (Å²) in [6.07, 6.45) is 2.98. The second-order valence-corrected chi connectivity index (χ2v) is 4.25. The first-order valence-corrected chi connectivity index (χ1v) is 5.61. The lowest BCUT2D eigenvalue weighted by molar-refractivity contribution is 0.0923. The summed E-state index contributed by atoms with van der Waals surface area (Å²) in [5.74, 6) is 0.672. The average molecular weight is 227 g/mol. The van der Waals surface area contributed by atoms with Gasteiger partial charge in [0.1, 0.15) is 5.15 Å². The van der Waals surface area contributed by atoms with Crippen molar-refractivity contribution in [3.63, 3.8) is 0 Å². The van der Waals surface area contributed by atoms with Gasteiger partial charge in [0.15, 0.2) is 0 Å². The first-order chi connectivity index (χ1) is 7.34. The molecule has 15 heavy (non-hydrogen) atoms. The quantitative estimate of drug-likeness (QED) is 0.796. The Morgan fingerprint density at radius 2 is 2.47 bits per heavy atom. The van der Waals surface area contributed by atoms with Crippen LogP contribution in [0.2, 0.25) is 5.15 Å². The monoisotopic (exact) mass is 226 g/mol. The average Bonchev–Trinajstić information content (AvgIpc) is 2.74. The number of nitrogens with one attached hydrogen (secondary N) is 1. The molecule has 1 fully saturated rings. The highest BCUT2D eigenvalue weighted by Crippen LogP contribution is 2.10. The Hall–Kier alpha value is -0.640. The number of ether oxygens (including phenoxy) is 1. The first-order valence-electron chi connectivity index (χ1n) is 5.23. The maximum Gasteiger partial charge on any atom is 0.129 e. The predicted octanol–water partition coefficient (Wildman–Crippen LogP) is 1.86. The van der Waals surface area contributed by atoms with Gasteiger partial charge >= 0.3 is 0 Å². The van der Waals surface area contributed by atoms with E-state index in [-0.39, 0.29) is 0 Å². The third kappa shape index (κ3) is 3.45. The molecule has 0 bridgehead atoms. The largest absolute Gasteiger partial charge is 0.376 e. The van der Waals surface area contributed by atoms with E-state index in [9.17, 15) is 0 Å². The second kappa shape index (κ2) is 5.45. The van der Waals surface area contributed by atoms with E-state index in [4.69, 9.17) is 16.3 Å². The third-order valence-corrected chi connectivity index (χ3v) is 2.80. The SMILES string of the molecule is Clc1ccc(COCC2CCNC2)cn1. The van der Waals surface area contributed by atoms with Gasteiger partial charge in [0, 0.05) is 12.7 Å². The van der Waals surface area contributed by atoms with E-state index in [1.807, 2.05) is 6.07 Å². The van der Waals surface area contributed by atoms with E-state index < -0.39 is 0 Å². The maximum atomic E-state index is 5.69. The van der Waals surface area contributed by atoms with Crippen molar-refractivity contribution in [2.45, 2.75) is 13.0 Å². The normalized spacial score (nSPS) is 20.7. The molecule has 0 aliphatic carbocycles. The number of hydrogen-bond donors (Lipinski definition) is 1. The minimum atomic E-state index is 0.527. The Morgan fingerprint density at radius 3 is 3.13 bits per heavy atom. The van der Waals surface area contributed by atoms with Crippen molar-refractivity contribution in [1.82, 2.24) is 10.3 Å². The van der Waals surface area contributed by atoms with Gasteiger partial charge in [0.05, 0.1) is 13.2 Å².